The largest absolute Gasteiger partial charge is 0.388 e. The highest BCUT2D eigenvalue weighted by atomic mass is 16.6. The summed E-state index contributed by atoms with van der Waals surface area (Å²) in [5.41, 5.74) is 5.34. The lowest BCUT2D eigenvalue weighted by Crippen LogP contribution is -2.60. The maximum absolute atomic E-state index is 9.36. The van der Waals surface area contributed by atoms with Crippen molar-refractivity contribution in [3.63, 3.8) is 0 Å². The zero-order valence-electron chi connectivity index (χ0n) is 6.92. The minimum atomic E-state index is -1.19. The molecule has 0 aliphatic carbocycles. The van der Waals surface area contributed by atoms with Crippen LogP contribution in [0.4, 0.5) is 0 Å². The summed E-state index contributed by atoms with van der Waals surface area (Å²) in [5.74, 6) is 0. The molecule has 1 aliphatic heterocycles. The average molecular weight is 177 g/mol. The third kappa shape index (κ3) is 1.60. The third-order valence-electron chi connectivity index (χ3n) is 2.17. The van der Waals surface area contributed by atoms with E-state index in [0.29, 0.717) is 6.42 Å². The van der Waals surface area contributed by atoms with Crippen LogP contribution in [-0.4, -0.2) is 46.0 Å². The van der Waals surface area contributed by atoms with Gasteiger partial charge in [0.2, 0.25) is 0 Å². The van der Waals surface area contributed by atoms with Crippen LogP contribution in [-0.2, 0) is 4.74 Å². The van der Waals surface area contributed by atoms with E-state index in [1.807, 2.05) is 0 Å². The monoisotopic (exact) mass is 177 g/mol. The van der Waals surface area contributed by atoms with Gasteiger partial charge in [0, 0.05) is 0 Å². The molecule has 0 aromatic heterocycles. The molecule has 1 fully saturated rings. The van der Waals surface area contributed by atoms with E-state index in [4.69, 9.17) is 15.6 Å². The van der Waals surface area contributed by atoms with Gasteiger partial charge in [0.15, 0.2) is 6.29 Å². The lowest BCUT2D eigenvalue weighted by molar-refractivity contribution is -0.242. The van der Waals surface area contributed by atoms with Crippen LogP contribution in [0.15, 0.2) is 0 Å². The molecule has 0 unspecified atom stereocenters. The minimum Gasteiger partial charge on any atom is -0.388 e. The van der Waals surface area contributed by atoms with Crippen molar-refractivity contribution < 1.29 is 20.1 Å². The Bertz CT molecular complexity index is 150. The first-order chi connectivity index (χ1) is 5.57. The number of hydrogen-bond donors (Lipinski definition) is 4. The molecule has 1 rings (SSSR count). The van der Waals surface area contributed by atoms with Gasteiger partial charge in [0.25, 0.3) is 0 Å². The lowest BCUT2D eigenvalue weighted by atomic mass is 9.96. The second kappa shape index (κ2) is 3.68. The van der Waals surface area contributed by atoms with E-state index in [1.165, 1.54) is 0 Å². The van der Waals surface area contributed by atoms with Crippen LogP contribution in [0, 0.1) is 0 Å². The maximum Gasteiger partial charge on any atom is 0.172 e. The molecule has 72 valence electrons. The van der Waals surface area contributed by atoms with E-state index in [2.05, 4.69) is 0 Å². The van der Waals surface area contributed by atoms with Gasteiger partial charge < -0.3 is 25.8 Å². The standard InChI is InChI=1S/C7H15NO4/c1-2-3-5(9)6(10)4(8)7(11)12-3/h3-7,9-11H,2,8H2,1H3/t3-,4-,5-,6-,7+/m0/s1. The van der Waals surface area contributed by atoms with Crippen molar-refractivity contribution in [2.24, 2.45) is 5.73 Å². The van der Waals surface area contributed by atoms with Gasteiger partial charge in [-0.3, -0.25) is 0 Å². The molecule has 0 spiro atoms. The predicted molar refractivity (Wildman–Crippen MR) is 41.2 cm³/mol. The predicted octanol–water partition coefficient (Wildman–Crippen LogP) is -1.84. The summed E-state index contributed by atoms with van der Waals surface area (Å²) < 4.78 is 4.95. The zero-order chi connectivity index (χ0) is 9.30. The molecule has 0 aromatic carbocycles. The SMILES string of the molecule is CC[C@@H]1O[C@@H](O)[C@@H](N)[C@H](O)[C@H]1O. The first-order valence-corrected chi connectivity index (χ1v) is 4.03. The molecule has 1 aliphatic rings. The van der Waals surface area contributed by atoms with Crippen molar-refractivity contribution in [3.05, 3.63) is 0 Å². The number of aliphatic hydroxyl groups excluding tert-OH is 3. The van der Waals surface area contributed by atoms with E-state index in [9.17, 15) is 10.2 Å². The van der Waals surface area contributed by atoms with E-state index in [-0.39, 0.29) is 0 Å². The normalized spacial score (nSPS) is 49.2. The topological polar surface area (TPSA) is 95.9 Å². The lowest BCUT2D eigenvalue weighted by Gasteiger charge is -2.38. The van der Waals surface area contributed by atoms with E-state index < -0.39 is 30.6 Å². The molecule has 5 atom stereocenters. The third-order valence-corrected chi connectivity index (χ3v) is 2.17. The van der Waals surface area contributed by atoms with Crippen molar-refractivity contribution in [1.82, 2.24) is 0 Å². The first-order valence-electron chi connectivity index (χ1n) is 4.03. The van der Waals surface area contributed by atoms with E-state index >= 15 is 0 Å². The van der Waals surface area contributed by atoms with E-state index in [0.717, 1.165) is 0 Å². The molecular weight excluding hydrogens is 162 g/mol. The van der Waals surface area contributed by atoms with Gasteiger partial charge in [-0.1, -0.05) is 6.92 Å². The van der Waals surface area contributed by atoms with E-state index in [1.54, 1.807) is 6.92 Å². The van der Waals surface area contributed by atoms with Crippen LogP contribution >= 0.6 is 0 Å². The number of hydrogen-bond acceptors (Lipinski definition) is 5. The molecule has 5 nitrogen and oxygen atoms in total. The molecule has 1 heterocycles. The number of aliphatic hydroxyl groups is 3. The Hall–Kier alpha value is -0.200. The molecule has 0 aromatic rings. The summed E-state index contributed by atoms with van der Waals surface area (Å²) in [6.45, 7) is 1.80. The summed E-state index contributed by atoms with van der Waals surface area (Å²) in [7, 11) is 0. The van der Waals surface area contributed by atoms with Crippen LogP contribution in [0.25, 0.3) is 0 Å². The summed E-state index contributed by atoms with van der Waals surface area (Å²) in [4.78, 5) is 0. The summed E-state index contributed by atoms with van der Waals surface area (Å²) in [6, 6.07) is -0.928. The Labute approximate surface area is 70.8 Å². The number of ether oxygens (including phenoxy) is 1. The van der Waals surface area contributed by atoms with Gasteiger partial charge in [-0.15, -0.1) is 0 Å². The van der Waals surface area contributed by atoms with Gasteiger partial charge in [-0.2, -0.15) is 0 Å². The summed E-state index contributed by atoms with van der Waals surface area (Å²) >= 11 is 0. The van der Waals surface area contributed by atoms with Crippen molar-refractivity contribution in [1.29, 1.82) is 0 Å². The first kappa shape index (κ1) is 9.88. The molecule has 5 N–H and O–H groups in total. The molecule has 0 radical (unpaired) electrons. The van der Waals surface area contributed by atoms with Crippen LogP contribution < -0.4 is 5.73 Å². The zero-order valence-corrected chi connectivity index (χ0v) is 6.92. The number of nitrogens with two attached hydrogens (primary N) is 1. The fourth-order valence-electron chi connectivity index (χ4n) is 1.30. The molecule has 0 saturated carbocycles. The molecule has 0 amide bonds. The Morgan fingerprint density at radius 1 is 1.25 bits per heavy atom. The smallest absolute Gasteiger partial charge is 0.172 e. The molecule has 1 saturated heterocycles. The average Bonchev–Trinajstić information content (AvgIpc) is 2.08. The van der Waals surface area contributed by atoms with Gasteiger partial charge in [-0.25, -0.2) is 0 Å². The minimum absolute atomic E-state index is 0.530. The highest BCUT2D eigenvalue weighted by Gasteiger charge is 2.40. The van der Waals surface area contributed by atoms with Gasteiger partial charge >= 0.3 is 0 Å². The second-order valence-corrected chi connectivity index (χ2v) is 3.03. The van der Waals surface area contributed by atoms with Crippen LogP contribution in [0.1, 0.15) is 13.3 Å². The maximum atomic E-state index is 9.36. The fraction of sp³-hybridized carbons (Fsp3) is 1.00. The Kier molecular flexibility index (Phi) is 3.03. The van der Waals surface area contributed by atoms with Crippen molar-refractivity contribution in [2.75, 3.05) is 0 Å². The molecule has 12 heavy (non-hydrogen) atoms. The summed E-state index contributed by atoms with van der Waals surface area (Å²) in [5, 5.41) is 27.8. The Balaban J connectivity index is 2.63. The van der Waals surface area contributed by atoms with Gasteiger partial charge in [-0.05, 0) is 6.42 Å². The summed E-state index contributed by atoms with van der Waals surface area (Å²) in [6.07, 6.45) is -3.31. The fourth-order valence-corrected chi connectivity index (χ4v) is 1.30. The molecular formula is C7H15NO4. The van der Waals surface area contributed by atoms with Gasteiger partial charge in [0.05, 0.1) is 12.1 Å². The Morgan fingerprint density at radius 2 is 1.83 bits per heavy atom. The molecule has 0 bridgehead atoms. The van der Waals surface area contributed by atoms with Crippen molar-refractivity contribution in [2.45, 2.75) is 44.0 Å². The quantitative estimate of drug-likeness (QED) is 0.377. The van der Waals surface area contributed by atoms with Crippen LogP contribution in [0.2, 0.25) is 0 Å². The number of rotatable bonds is 1. The van der Waals surface area contributed by atoms with Crippen LogP contribution in [0.5, 0.6) is 0 Å². The Morgan fingerprint density at radius 3 is 2.33 bits per heavy atom. The van der Waals surface area contributed by atoms with Crippen molar-refractivity contribution in [3.8, 4) is 0 Å². The van der Waals surface area contributed by atoms with Crippen LogP contribution in [0.3, 0.4) is 0 Å². The van der Waals surface area contributed by atoms with Gasteiger partial charge in [0.1, 0.15) is 12.2 Å². The molecule has 5 heteroatoms. The second-order valence-electron chi connectivity index (χ2n) is 3.03. The highest BCUT2D eigenvalue weighted by molar-refractivity contribution is 4.90. The van der Waals surface area contributed by atoms with Crippen molar-refractivity contribution >= 4 is 0 Å². The highest BCUT2D eigenvalue weighted by Crippen LogP contribution is 2.20.